The Morgan fingerprint density at radius 3 is 2.52 bits per heavy atom. The summed E-state index contributed by atoms with van der Waals surface area (Å²) in [4.78, 5) is 32.1. The number of esters is 1. The lowest BCUT2D eigenvalue weighted by Crippen LogP contribution is -2.27. The van der Waals surface area contributed by atoms with Crippen LogP contribution < -0.4 is 0 Å². The number of carbonyl (C=O) groups is 2. The van der Waals surface area contributed by atoms with Gasteiger partial charge >= 0.3 is 5.97 Å². The van der Waals surface area contributed by atoms with Crippen LogP contribution >= 0.6 is 11.6 Å². The highest BCUT2D eigenvalue weighted by Gasteiger charge is 2.25. The van der Waals surface area contributed by atoms with Crippen LogP contribution in [-0.4, -0.2) is 54.8 Å². The van der Waals surface area contributed by atoms with Gasteiger partial charge in [-0.2, -0.15) is 0 Å². The van der Waals surface area contributed by atoms with E-state index in [0.29, 0.717) is 22.9 Å². The van der Waals surface area contributed by atoms with Crippen LogP contribution in [0.3, 0.4) is 0 Å². The average molecular weight is 444 g/mol. The Kier molecular flexibility index (Phi) is 7.89. The summed E-state index contributed by atoms with van der Waals surface area (Å²) in [6.07, 6.45) is 7.12. The smallest absolute Gasteiger partial charge is 0.365 e. The summed E-state index contributed by atoms with van der Waals surface area (Å²) in [5.41, 5.74) is 0.856. The zero-order valence-electron chi connectivity index (χ0n) is 17.7. The van der Waals surface area contributed by atoms with Crippen LogP contribution in [0.15, 0.2) is 64.0 Å². The van der Waals surface area contributed by atoms with Crippen molar-refractivity contribution in [3.8, 4) is 0 Å². The zero-order chi connectivity index (χ0) is 22.2. The number of amides is 1. The van der Waals surface area contributed by atoms with Gasteiger partial charge in [-0.3, -0.25) is 4.79 Å². The Morgan fingerprint density at radius 2 is 1.81 bits per heavy atom. The van der Waals surface area contributed by atoms with Crippen molar-refractivity contribution in [2.45, 2.75) is 25.7 Å². The second kappa shape index (κ2) is 10.8. The summed E-state index contributed by atoms with van der Waals surface area (Å²) >= 11 is 6.15. The lowest BCUT2D eigenvalue weighted by atomic mass is 10.2. The molecule has 2 aromatic rings. The van der Waals surface area contributed by atoms with Crippen molar-refractivity contribution in [1.82, 2.24) is 9.80 Å². The molecule has 1 aromatic heterocycles. The molecule has 0 aliphatic carbocycles. The number of aliphatic imine (C=N–C) groups is 1. The highest BCUT2D eigenvalue weighted by atomic mass is 35.5. The van der Waals surface area contributed by atoms with Gasteiger partial charge in [0, 0.05) is 33.4 Å². The predicted octanol–water partition coefficient (Wildman–Crippen LogP) is 4.34. The lowest BCUT2D eigenvalue weighted by molar-refractivity contribution is -0.130. The van der Waals surface area contributed by atoms with Crippen molar-refractivity contribution < 1.29 is 18.7 Å². The molecule has 0 bridgehead atoms. The van der Waals surface area contributed by atoms with Crippen molar-refractivity contribution >= 4 is 29.4 Å². The van der Waals surface area contributed by atoms with Crippen molar-refractivity contribution in [2.75, 3.05) is 27.2 Å². The number of halogens is 1. The number of nitrogens with zero attached hydrogens (tertiary/aromatic N) is 3. The number of cyclic esters (lactones) is 1. The molecule has 1 amide bonds. The second-order valence-corrected chi connectivity index (χ2v) is 7.81. The number of rotatable bonds is 10. The third kappa shape index (κ3) is 6.21. The predicted molar refractivity (Wildman–Crippen MR) is 119 cm³/mol. The minimum atomic E-state index is -0.481. The Bertz CT molecular complexity index is 969. The molecule has 1 aromatic carbocycles. The molecule has 164 valence electrons. The maximum absolute atomic E-state index is 12.1. The van der Waals surface area contributed by atoms with E-state index in [-0.39, 0.29) is 17.5 Å². The van der Waals surface area contributed by atoms with E-state index >= 15 is 0 Å². The number of unbranched alkanes of at least 4 members (excludes halogenated alkanes) is 3. The van der Waals surface area contributed by atoms with E-state index in [1.165, 1.54) is 6.26 Å². The van der Waals surface area contributed by atoms with Crippen molar-refractivity contribution in [1.29, 1.82) is 0 Å². The maximum Gasteiger partial charge on any atom is 0.365 e. The zero-order valence-corrected chi connectivity index (χ0v) is 18.5. The minimum Gasteiger partial charge on any atom is -0.459 e. The Hall–Kier alpha value is -3.06. The maximum atomic E-state index is 12.1. The van der Waals surface area contributed by atoms with E-state index in [1.807, 2.05) is 24.1 Å². The summed E-state index contributed by atoms with van der Waals surface area (Å²) < 4.78 is 10.4. The van der Waals surface area contributed by atoms with E-state index in [1.54, 1.807) is 42.4 Å². The summed E-state index contributed by atoms with van der Waals surface area (Å²) in [6, 6.07) is 10.5. The number of hydrogen-bond donors (Lipinski definition) is 0. The third-order valence-corrected chi connectivity index (χ3v) is 5.23. The van der Waals surface area contributed by atoms with Crippen molar-refractivity contribution in [2.24, 2.45) is 4.99 Å². The van der Waals surface area contributed by atoms with Gasteiger partial charge < -0.3 is 19.0 Å². The Balaban J connectivity index is 1.38. The van der Waals surface area contributed by atoms with Crippen LogP contribution in [0.25, 0.3) is 0 Å². The molecule has 8 heteroatoms. The van der Waals surface area contributed by atoms with E-state index in [2.05, 4.69) is 4.99 Å². The van der Waals surface area contributed by atoms with E-state index in [4.69, 9.17) is 20.8 Å². The third-order valence-electron chi connectivity index (χ3n) is 4.90. The van der Waals surface area contributed by atoms with Crippen molar-refractivity contribution in [3.05, 3.63) is 70.9 Å². The molecule has 0 spiro atoms. The number of furan rings is 1. The SMILES string of the molecule is CN(C=C1N=C(c2ccccc2Cl)OC1=O)CCCCCCN(C)C(=O)c1ccco1. The molecule has 0 saturated heterocycles. The normalized spacial score (nSPS) is 14.5. The molecule has 1 aliphatic rings. The number of benzene rings is 1. The van der Waals surface area contributed by atoms with Gasteiger partial charge in [0.05, 0.1) is 16.8 Å². The van der Waals surface area contributed by atoms with Crippen LogP contribution in [0, 0.1) is 0 Å². The standard InChI is InChI=1S/C23H26ClN3O4/c1-26(13-7-3-4-8-14-27(2)22(28)20-12-9-15-30-20)16-19-23(29)31-21(25-19)17-10-5-6-11-18(17)24/h5-6,9-12,15-16H,3-4,7-8,13-14H2,1-2H3. The van der Waals surface area contributed by atoms with Gasteiger partial charge in [0.25, 0.3) is 5.91 Å². The molecule has 0 fully saturated rings. The number of ether oxygens (including phenoxy) is 1. The first-order valence-corrected chi connectivity index (χ1v) is 10.6. The van der Waals surface area contributed by atoms with E-state index in [0.717, 1.165) is 32.2 Å². The van der Waals surface area contributed by atoms with Gasteiger partial charge in [0.1, 0.15) is 0 Å². The fraction of sp³-hybridized carbons (Fsp3) is 0.348. The highest BCUT2D eigenvalue weighted by molar-refractivity contribution is 6.34. The van der Waals surface area contributed by atoms with Crippen LogP contribution in [0.1, 0.15) is 41.8 Å². The molecular formula is C23H26ClN3O4. The van der Waals surface area contributed by atoms with Crippen LogP contribution in [0.5, 0.6) is 0 Å². The Labute approximate surface area is 186 Å². The molecule has 0 N–H and O–H groups in total. The Morgan fingerprint density at radius 1 is 1.06 bits per heavy atom. The van der Waals surface area contributed by atoms with Crippen LogP contribution in [0.4, 0.5) is 0 Å². The van der Waals surface area contributed by atoms with Crippen LogP contribution in [0.2, 0.25) is 5.02 Å². The average Bonchev–Trinajstić information content (AvgIpc) is 3.41. The second-order valence-electron chi connectivity index (χ2n) is 7.40. The van der Waals surface area contributed by atoms with Crippen molar-refractivity contribution in [3.63, 3.8) is 0 Å². The summed E-state index contributed by atoms with van der Waals surface area (Å²) in [7, 11) is 3.68. The van der Waals surface area contributed by atoms with Gasteiger partial charge in [-0.25, -0.2) is 9.79 Å². The molecule has 1 aliphatic heterocycles. The quantitative estimate of drug-likeness (QED) is 0.310. The molecule has 7 nitrogen and oxygen atoms in total. The monoisotopic (exact) mass is 443 g/mol. The minimum absolute atomic E-state index is 0.100. The fourth-order valence-electron chi connectivity index (χ4n) is 3.18. The molecule has 31 heavy (non-hydrogen) atoms. The van der Waals surface area contributed by atoms with Gasteiger partial charge in [0.2, 0.25) is 5.90 Å². The molecule has 0 saturated carbocycles. The van der Waals surface area contributed by atoms with Crippen LogP contribution in [-0.2, 0) is 9.53 Å². The first kappa shape index (κ1) is 22.6. The fourth-order valence-corrected chi connectivity index (χ4v) is 3.39. The van der Waals surface area contributed by atoms with Gasteiger partial charge in [-0.05, 0) is 37.1 Å². The molecule has 0 unspecified atom stereocenters. The topological polar surface area (TPSA) is 75.3 Å². The molecule has 0 radical (unpaired) electrons. The number of hydrogen-bond acceptors (Lipinski definition) is 6. The first-order chi connectivity index (χ1) is 15.0. The van der Waals surface area contributed by atoms with Gasteiger partial charge in [-0.15, -0.1) is 0 Å². The molecule has 0 atom stereocenters. The summed E-state index contributed by atoms with van der Waals surface area (Å²) in [5.74, 6) is 0.00831. The van der Waals surface area contributed by atoms with Gasteiger partial charge in [-0.1, -0.05) is 36.6 Å². The van der Waals surface area contributed by atoms with E-state index in [9.17, 15) is 9.59 Å². The highest BCUT2D eigenvalue weighted by Crippen LogP contribution is 2.22. The lowest BCUT2D eigenvalue weighted by Gasteiger charge is -2.16. The molecule has 2 heterocycles. The molecular weight excluding hydrogens is 418 g/mol. The largest absolute Gasteiger partial charge is 0.459 e. The summed E-state index contributed by atoms with van der Waals surface area (Å²) in [6.45, 7) is 1.47. The first-order valence-electron chi connectivity index (χ1n) is 10.2. The molecule has 3 rings (SSSR count). The summed E-state index contributed by atoms with van der Waals surface area (Å²) in [5, 5.41) is 0.486. The number of carbonyl (C=O) groups excluding carboxylic acids is 2. The van der Waals surface area contributed by atoms with E-state index < -0.39 is 5.97 Å². The van der Waals surface area contributed by atoms with Gasteiger partial charge in [0.15, 0.2) is 11.5 Å².